The second kappa shape index (κ2) is 9.49. The molecule has 1 rings (SSSR count). The molecule has 0 saturated heterocycles. The lowest BCUT2D eigenvalue weighted by Gasteiger charge is -2.23. The monoisotopic (exact) mass is 373 g/mol. The van der Waals surface area contributed by atoms with E-state index in [0.29, 0.717) is 23.7 Å². The van der Waals surface area contributed by atoms with Crippen molar-refractivity contribution in [1.29, 1.82) is 0 Å². The Morgan fingerprint density at radius 3 is 2.21 bits per heavy atom. The van der Waals surface area contributed by atoms with Gasteiger partial charge in [-0.3, -0.25) is 14.4 Å². The molecule has 0 spiro atoms. The minimum Gasteiger partial charge on any atom is -0.343 e. The Morgan fingerprint density at radius 1 is 1.04 bits per heavy atom. The van der Waals surface area contributed by atoms with Crippen molar-refractivity contribution in [2.24, 2.45) is 0 Å². The topological polar surface area (TPSA) is 69.7 Å². The van der Waals surface area contributed by atoms with E-state index >= 15 is 0 Å². The first-order chi connectivity index (χ1) is 11.3. The van der Waals surface area contributed by atoms with Gasteiger partial charge in [-0.25, -0.2) is 0 Å². The lowest BCUT2D eigenvalue weighted by Crippen LogP contribution is -2.44. The molecular formula is C16H21Cl2N3O3. The molecule has 1 N–H and O–H groups in total. The standard InChI is InChI=1S/C16H21Cl2N3O3/c1-4-21(5-2)15(23)10-20(3)14(22)9-19-16(24)11-6-7-12(17)13(18)8-11/h6-8H,4-5,9-10H2,1-3H3,(H,19,24). The first-order valence-electron chi connectivity index (χ1n) is 7.55. The Labute approximate surface area is 151 Å². The van der Waals surface area contributed by atoms with Crippen molar-refractivity contribution in [3.63, 3.8) is 0 Å². The summed E-state index contributed by atoms with van der Waals surface area (Å²) < 4.78 is 0. The second-order valence-corrected chi connectivity index (χ2v) is 5.94. The molecule has 24 heavy (non-hydrogen) atoms. The molecule has 0 aromatic heterocycles. The molecular weight excluding hydrogens is 353 g/mol. The zero-order valence-electron chi connectivity index (χ0n) is 13.9. The Bertz CT molecular complexity index is 619. The normalized spacial score (nSPS) is 10.2. The van der Waals surface area contributed by atoms with Gasteiger partial charge in [-0.2, -0.15) is 0 Å². The number of benzene rings is 1. The molecule has 0 saturated carbocycles. The fourth-order valence-electron chi connectivity index (χ4n) is 2.00. The summed E-state index contributed by atoms with van der Waals surface area (Å²) in [5, 5.41) is 3.11. The van der Waals surface area contributed by atoms with Gasteiger partial charge in [0, 0.05) is 25.7 Å². The van der Waals surface area contributed by atoms with Crippen LogP contribution in [0.25, 0.3) is 0 Å². The van der Waals surface area contributed by atoms with E-state index in [1.807, 2.05) is 13.8 Å². The first-order valence-corrected chi connectivity index (χ1v) is 8.30. The molecule has 0 aliphatic rings. The van der Waals surface area contributed by atoms with E-state index in [1.54, 1.807) is 4.90 Å². The maximum absolute atomic E-state index is 12.0. The van der Waals surface area contributed by atoms with Crippen molar-refractivity contribution < 1.29 is 14.4 Å². The zero-order valence-corrected chi connectivity index (χ0v) is 15.4. The third kappa shape index (κ3) is 5.69. The van der Waals surface area contributed by atoms with Crippen LogP contribution >= 0.6 is 23.2 Å². The fourth-order valence-corrected chi connectivity index (χ4v) is 2.30. The number of rotatable bonds is 7. The van der Waals surface area contributed by atoms with Gasteiger partial charge in [-0.15, -0.1) is 0 Å². The van der Waals surface area contributed by atoms with Gasteiger partial charge in [-0.05, 0) is 32.0 Å². The third-order valence-corrected chi connectivity index (χ3v) is 4.24. The Hall–Kier alpha value is -1.79. The van der Waals surface area contributed by atoms with Crippen molar-refractivity contribution in [2.75, 3.05) is 33.2 Å². The fraction of sp³-hybridized carbons (Fsp3) is 0.438. The van der Waals surface area contributed by atoms with Gasteiger partial charge >= 0.3 is 0 Å². The van der Waals surface area contributed by atoms with E-state index < -0.39 is 5.91 Å². The summed E-state index contributed by atoms with van der Waals surface area (Å²) in [4.78, 5) is 38.9. The van der Waals surface area contributed by atoms with E-state index in [-0.39, 0.29) is 29.9 Å². The summed E-state index contributed by atoms with van der Waals surface area (Å²) in [5.41, 5.74) is 0.305. The number of halogens is 2. The number of nitrogens with one attached hydrogen (secondary N) is 1. The van der Waals surface area contributed by atoms with Crippen LogP contribution in [0, 0.1) is 0 Å². The SMILES string of the molecule is CCN(CC)C(=O)CN(C)C(=O)CNC(=O)c1ccc(Cl)c(Cl)c1. The molecule has 1 aromatic rings. The Balaban J connectivity index is 2.54. The third-order valence-electron chi connectivity index (χ3n) is 3.50. The van der Waals surface area contributed by atoms with Gasteiger partial charge in [0.15, 0.2) is 0 Å². The highest BCUT2D eigenvalue weighted by Crippen LogP contribution is 2.22. The maximum atomic E-state index is 12.0. The molecule has 8 heteroatoms. The van der Waals surface area contributed by atoms with Gasteiger partial charge in [0.2, 0.25) is 11.8 Å². The molecule has 0 atom stereocenters. The highest BCUT2D eigenvalue weighted by Gasteiger charge is 2.17. The molecule has 1 aromatic carbocycles. The van der Waals surface area contributed by atoms with E-state index in [4.69, 9.17) is 23.2 Å². The molecule has 3 amide bonds. The summed E-state index contributed by atoms with van der Waals surface area (Å²) in [6.07, 6.45) is 0. The summed E-state index contributed by atoms with van der Waals surface area (Å²) in [5.74, 6) is -0.930. The van der Waals surface area contributed by atoms with Crippen LogP contribution < -0.4 is 5.32 Å². The van der Waals surface area contributed by atoms with Gasteiger partial charge in [0.25, 0.3) is 5.91 Å². The highest BCUT2D eigenvalue weighted by molar-refractivity contribution is 6.42. The number of hydrogen-bond acceptors (Lipinski definition) is 3. The van der Waals surface area contributed by atoms with Crippen LogP contribution in [-0.2, 0) is 9.59 Å². The van der Waals surface area contributed by atoms with E-state index in [0.717, 1.165) is 0 Å². The number of nitrogens with zero attached hydrogens (tertiary/aromatic N) is 2. The average molecular weight is 374 g/mol. The van der Waals surface area contributed by atoms with Gasteiger partial charge in [0.05, 0.1) is 23.1 Å². The lowest BCUT2D eigenvalue weighted by molar-refractivity contribution is -0.138. The van der Waals surface area contributed by atoms with E-state index in [9.17, 15) is 14.4 Å². The number of likely N-dealkylation sites (N-methyl/N-ethyl adjacent to an activating group) is 2. The predicted octanol–water partition coefficient (Wildman–Crippen LogP) is 2.05. The molecule has 0 radical (unpaired) electrons. The Kier molecular flexibility index (Phi) is 8.01. The van der Waals surface area contributed by atoms with Gasteiger partial charge in [0.1, 0.15) is 0 Å². The Morgan fingerprint density at radius 2 is 1.67 bits per heavy atom. The van der Waals surface area contributed by atoms with Crippen molar-refractivity contribution in [3.05, 3.63) is 33.8 Å². The smallest absolute Gasteiger partial charge is 0.251 e. The van der Waals surface area contributed by atoms with Crippen LogP contribution in [0.5, 0.6) is 0 Å². The quantitative estimate of drug-likeness (QED) is 0.794. The predicted molar refractivity (Wildman–Crippen MR) is 94.4 cm³/mol. The zero-order chi connectivity index (χ0) is 18.3. The van der Waals surface area contributed by atoms with Crippen LogP contribution in [0.4, 0.5) is 0 Å². The summed E-state index contributed by atoms with van der Waals surface area (Å²) in [6.45, 7) is 4.70. The maximum Gasteiger partial charge on any atom is 0.251 e. The molecule has 0 bridgehead atoms. The largest absolute Gasteiger partial charge is 0.343 e. The highest BCUT2D eigenvalue weighted by atomic mass is 35.5. The molecule has 0 unspecified atom stereocenters. The van der Waals surface area contributed by atoms with Crippen molar-refractivity contribution in [1.82, 2.24) is 15.1 Å². The molecule has 0 aliphatic carbocycles. The van der Waals surface area contributed by atoms with E-state index in [2.05, 4.69) is 5.32 Å². The van der Waals surface area contributed by atoms with Crippen LogP contribution in [-0.4, -0.2) is 60.7 Å². The minimum atomic E-state index is -0.439. The van der Waals surface area contributed by atoms with Crippen molar-refractivity contribution >= 4 is 40.9 Å². The second-order valence-electron chi connectivity index (χ2n) is 5.13. The molecule has 132 valence electrons. The number of hydrogen-bond donors (Lipinski definition) is 1. The van der Waals surface area contributed by atoms with Crippen molar-refractivity contribution in [3.8, 4) is 0 Å². The molecule has 0 aliphatic heterocycles. The summed E-state index contributed by atoms with van der Waals surface area (Å²) in [7, 11) is 1.52. The molecule has 6 nitrogen and oxygen atoms in total. The average Bonchev–Trinajstić information content (AvgIpc) is 2.55. The van der Waals surface area contributed by atoms with Gasteiger partial charge in [-0.1, -0.05) is 23.2 Å². The molecule has 0 heterocycles. The summed E-state index contributed by atoms with van der Waals surface area (Å²) in [6, 6.07) is 4.45. The minimum absolute atomic E-state index is 0.0246. The van der Waals surface area contributed by atoms with Crippen LogP contribution in [0.2, 0.25) is 10.0 Å². The number of amides is 3. The lowest BCUT2D eigenvalue weighted by atomic mass is 10.2. The first kappa shape index (κ1) is 20.3. The van der Waals surface area contributed by atoms with Crippen LogP contribution in [0.15, 0.2) is 18.2 Å². The number of carbonyl (C=O) groups is 3. The number of carbonyl (C=O) groups excluding carboxylic acids is 3. The van der Waals surface area contributed by atoms with Crippen molar-refractivity contribution in [2.45, 2.75) is 13.8 Å². The van der Waals surface area contributed by atoms with Crippen LogP contribution in [0.3, 0.4) is 0 Å². The van der Waals surface area contributed by atoms with E-state index in [1.165, 1.54) is 30.1 Å². The summed E-state index contributed by atoms with van der Waals surface area (Å²) >= 11 is 11.6. The van der Waals surface area contributed by atoms with Crippen LogP contribution in [0.1, 0.15) is 24.2 Å². The molecule has 0 fully saturated rings. The van der Waals surface area contributed by atoms with Gasteiger partial charge < -0.3 is 15.1 Å².